The van der Waals surface area contributed by atoms with Gasteiger partial charge >= 0.3 is 0 Å². The monoisotopic (exact) mass is 142 g/mol. The summed E-state index contributed by atoms with van der Waals surface area (Å²) in [6, 6.07) is 0.160. The van der Waals surface area contributed by atoms with E-state index in [1.165, 1.54) is 19.3 Å². The van der Waals surface area contributed by atoms with Gasteiger partial charge in [0, 0.05) is 11.6 Å². The van der Waals surface area contributed by atoms with Crippen molar-refractivity contribution in [2.45, 2.75) is 50.6 Å². The van der Waals surface area contributed by atoms with Crippen molar-refractivity contribution in [3.8, 4) is 0 Å². The predicted octanol–water partition coefficient (Wildman–Crippen LogP) is 0.995. The first-order valence-corrected chi connectivity index (χ1v) is 4.20. The van der Waals surface area contributed by atoms with E-state index in [0.29, 0.717) is 0 Å². The summed E-state index contributed by atoms with van der Waals surface area (Å²) >= 11 is 0. The van der Waals surface area contributed by atoms with Crippen LogP contribution in [-0.2, 0) is 0 Å². The molecule has 0 bridgehead atoms. The van der Waals surface area contributed by atoms with Gasteiger partial charge in [-0.3, -0.25) is 0 Å². The van der Waals surface area contributed by atoms with E-state index in [1.807, 2.05) is 6.92 Å². The van der Waals surface area contributed by atoms with Gasteiger partial charge in [0.05, 0.1) is 0 Å². The van der Waals surface area contributed by atoms with Gasteiger partial charge in [-0.1, -0.05) is 19.3 Å². The van der Waals surface area contributed by atoms with Crippen molar-refractivity contribution in [1.29, 1.82) is 0 Å². The Balaban J connectivity index is 2.48. The van der Waals surface area contributed by atoms with Crippen molar-refractivity contribution in [2.75, 3.05) is 0 Å². The maximum absolute atomic E-state index is 6.08. The zero-order valence-corrected chi connectivity index (χ0v) is 6.77. The van der Waals surface area contributed by atoms with E-state index < -0.39 is 0 Å². The SMILES string of the molecule is CC(N)C1(N)CCCCC1. The van der Waals surface area contributed by atoms with Crippen LogP contribution in [0.25, 0.3) is 0 Å². The van der Waals surface area contributed by atoms with Gasteiger partial charge < -0.3 is 11.5 Å². The molecule has 10 heavy (non-hydrogen) atoms. The van der Waals surface area contributed by atoms with Crippen LogP contribution in [-0.4, -0.2) is 11.6 Å². The van der Waals surface area contributed by atoms with Crippen molar-refractivity contribution in [1.82, 2.24) is 0 Å². The molecular formula is C8H18N2. The van der Waals surface area contributed by atoms with Gasteiger partial charge in [-0.15, -0.1) is 0 Å². The second-order valence-corrected chi connectivity index (χ2v) is 3.58. The van der Waals surface area contributed by atoms with Gasteiger partial charge in [0.1, 0.15) is 0 Å². The Morgan fingerprint density at radius 2 is 1.70 bits per heavy atom. The van der Waals surface area contributed by atoms with Crippen LogP contribution >= 0.6 is 0 Å². The number of nitrogens with two attached hydrogens (primary N) is 2. The third-order valence-corrected chi connectivity index (χ3v) is 2.69. The van der Waals surface area contributed by atoms with E-state index in [1.54, 1.807) is 0 Å². The fourth-order valence-electron chi connectivity index (χ4n) is 1.67. The van der Waals surface area contributed by atoms with Gasteiger partial charge in [0.25, 0.3) is 0 Å². The fourth-order valence-corrected chi connectivity index (χ4v) is 1.67. The molecule has 1 aliphatic carbocycles. The average Bonchev–Trinajstić information content (AvgIpc) is 1.89. The van der Waals surface area contributed by atoms with E-state index in [-0.39, 0.29) is 11.6 Å². The molecule has 0 aromatic heterocycles. The standard InChI is InChI=1S/C8H18N2/c1-7(9)8(10)5-3-2-4-6-8/h7H,2-6,9-10H2,1H3. The molecule has 2 heteroatoms. The Bertz CT molecular complexity index is 104. The minimum absolute atomic E-state index is 0.0434. The van der Waals surface area contributed by atoms with Crippen LogP contribution in [0.4, 0.5) is 0 Å². The molecule has 0 amide bonds. The quantitative estimate of drug-likeness (QED) is 0.573. The summed E-state index contributed by atoms with van der Waals surface area (Å²) in [5, 5.41) is 0. The molecule has 2 nitrogen and oxygen atoms in total. The van der Waals surface area contributed by atoms with Crippen LogP contribution < -0.4 is 11.5 Å². The summed E-state index contributed by atoms with van der Waals surface area (Å²) < 4.78 is 0. The van der Waals surface area contributed by atoms with Crippen LogP contribution in [0.2, 0.25) is 0 Å². The van der Waals surface area contributed by atoms with Gasteiger partial charge in [0.2, 0.25) is 0 Å². The maximum Gasteiger partial charge on any atom is 0.0305 e. The average molecular weight is 142 g/mol. The third-order valence-electron chi connectivity index (χ3n) is 2.69. The topological polar surface area (TPSA) is 52.0 Å². The number of rotatable bonds is 1. The zero-order valence-electron chi connectivity index (χ0n) is 6.77. The normalized spacial score (nSPS) is 27.9. The maximum atomic E-state index is 6.08. The Morgan fingerprint density at radius 1 is 1.20 bits per heavy atom. The minimum atomic E-state index is -0.0434. The lowest BCUT2D eigenvalue weighted by molar-refractivity contribution is 0.257. The molecule has 1 saturated carbocycles. The largest absolute Gasteiger partial charge is 0.326 e. The second-order valence-electron chi connectivity index (χ2n) is 3.58. The highest BCUT2D eigenvalue weighted by Crippen LogP contribution is 2.27. The smallest absolute Gasteiger partial charge is 0.0305 e. The van der Waals surface area contributed by atoms with E-state index >= 15 is 0 Å². The third kappa shape index (κ3) is 1.50. The Morgan fingerprint density at radius 3 is 2.00 bits per heavy atom. The molecule has 1 unspecified atom stereocenters. The summed E-state index contributed by atoms with van der Waals surface area (Å²) in [7, 11) is 0. The van der Waals surface area contributed by atoms with E-state index in [4.69, 9.17) is 11.5 Å². The van der Waals surface area contributed by atoms with E-state index in [2.05, 4.69) is 0 Å². The van der Waals surface area contributed by atoms with Gasteiger partial charge in [-0.05, 0) is 19.8 Å². The van der Waals surface area contributed by atoms with Crippen molar-refractivity contribution in [2.24, 2.45) is 11.5 Å². The van der Waals surface area contributed by atoms with Crippen LogP contribution in [0.3, 0.4) is 0 Å². The van der Waals surface area contributed by atoms with Crippen LogP contribution in [0.1, 0.15) is 39.0 Å². The zero-order chi connectivity index (χ0) is 7.61. The first-order valence-electron chi connectivity index (χ1n) is 4.20. The summed E-state index contributed by atoms with van der Waals surface area (Å²) in [4.78, 5) is 0. The van der Waals surface area contributed by atoms with Crippen LogP contribution in [0, 0.1) is 0 Å². The lowest BCUT2D eigenvalue weighted by Gasteiger charge is -2.36. The Kier molecular flexibility index (Phi) is 2.32. The Labute approximate surface area is 63.0 Å². The van der Waals surface area contributed by atoms with Gasteiger partial charge in [-0.25, -0.2) is 0 Å². The van der Waals surface area contributed by atoms with Crippen LogP contribution in [0.5, 0.6) is 0 Å². The highest BCUT2D eigenvalue weighted by molar-refractivity contribution is 4.93. The van der Waals surface area contributed by atoms with E-state index in [0.717, 1.165) is 12.8 Å². The molecule has 0 heterocycles. The molecule has 0 radical (unpaired) electrons. The van der Waals surface area contributed by atoms with Gasteiger partial charge in [0.15, 0.2) is 0 Å². The molecule has 1 fully saturated rings. The number of hydrogen-bond acceptors (Lipinski definition) is 2. The van der Waals surface area contributed by atoms with E-state index in [9.17, 15) is 0 Å². The molecule has 4 N–H and O–H groups in total. The second kappa shape index (κ2) is 2.89. The minimum Gasteiger partial charge on any atom is -0.326 e. The lowest BCUT2D eigenvalue weighted by Crippen LogP contribution is -2.54. The summed E-state index contributed by atoms with van der Waals surface area (Å²) in [6.07, 6.45) is 6.09. The molecule has 0 aromatic rings. The van der Waals surface area contributed by atoms with Crippen molar-refractivity contribution in [3.05, 3.63) is 0 Å². The first kappa shape index (κ1) is 8.02. The molecule has 0 aromatic carbocycles. The predicted molar refractivity (Wildman–Crippen MR) is 43.7 cm³/mol. The molecule has 0 saturated heterocycles. The summed E-state index contributed by atoms with van der Waals surface area (Å²) in [5.41, 5.74) is 11.8. The molecule has 60 valence electrons. The first-order chi connectivity index (χ1) is 4.65. The molecule has 1 rings (SSSR count). The summed E-state index contributed by atoms with van der Waals surface area (Å²) in [5.74, 6) is 0. The number of hydrogen-bond donors (Lipinski definition) is 2. The lowest BCUT2D eigenvalue weighted by atomic mass is 9.78. The molecular weight excluding hydrogens is 124 g/mol. The van der Waals surface area contributed by atoms with Crippen molar-refractivity contribution in [3.63, 3.8) is 0 Å². The molecule has 1 atom stereocenters. The van der Waals surface area contributed by atoms with Crippen molar-refractivity contribution < 1.29 is 0 Å². The van der Waals surface area contributed by atoms with Gasteiger partial charge in [-0.2, -0.15) is 0 Å². The fraction of sp³-hybridized carbons (Fsp3) is 1.00. The Hall–Kier alpha value is -0.0800. The molecule has 1 aliphatic rings. The molecule has 0 aliphatic heterocycles. The highest BCUT2D eigenvalue weighted by Gasteiger charge is 2.30. The molecule has 0 spiro atoms. The van der Waals surface area contributed by atoms with Crippen molar-refractivity contribution >= 4 is 0 Å². The summed E-state index contributed by atoms with van der Waals surface area (Å²) in [6.45, 7) is 2.02. The highest BCUT2D eigenvalue weighted by atomic mass is 14.8. The van der Waals surface area contributed by atoms with Crippen LogP contribution in [0.15, 0.2) is 0 Å².